The maximum absolute atomic E-state index is 13.7. The Morgan fingerprint density at radius 3 is 2.62 bits per heavy atom. The number of hydrogen-bond acceptors (Lipinski definition) is 8. The molecule has 7 rings (SSSR count). The molecular formula is C25H19ClN10O. The van der Waals surface area contributed by atoms with Gasteiger partial charge in [-0.2, -0.15) is 10.2 Å². The van der Waals surface area contributed by atoms with Gasteiger partial charge in [0.1, 0.15) is 23.5 Å². The average molecular weight is 511 g/mol. The number of para-hydroxylation sites is 1. The molecule has 5 aromatic heterocycles. The minimum Gasteiger partial charge on any atom is -0.345 e. The molecule has 0 bridgehead atoms. The number of aromatic amines is 1. The molecule has 182 valence electrons. The second-order valence-electron chi connectivity index (χ2n) is 8.80. The first kappa shape index (κ1) is 21.6. The Balaban J connectivity index is 1.41. The number of rotatable bonds is 4. The highest BCUT2D eigenvalue weighted by molar-refractivity contribution is 6.33. The highest BCUT2D eigenvalue weighted by atomic mass is 35.5. The molecule has 1 aliphatic heterocycles. The molecule has 0 spiro atoms. The third-order valence-electron chi connectivity index (χ3n) is 6.67. The number of H-pyrrole nitrogens is 1. The Kier molecular flexibility index (Phi) is 4.80. The molecule has 0 unspecified atom stereocenters. The topological polar surface area (TPSA) is 123 Å². The molecule has 0 saturated carbocycles. The van der Waals surface area contributed by atoms with E-state index in [9.17, 15) is 4.79 Å². The summed E-state index contributed by atoms with van der Waals surface area (Å²) >= 11 is 6.36. The molecule has 12 heteroatoms. The Labute approximate surface area is 214 Å². The number of benzene rings is 1. The van der Waals surface area contributed by atoms with Crippen LogP contribution in [0.15, 0.2) is 66.1 Å². The van der Waals surface area contributed by atoms with Crippen LogP contribution < -0.4 is 10.5 Å². The van der Waals surface area contributed by atoms with Crippen LogP contribution in [0.2, 0.25) is 5.02 Å². The summed E-state index contributed by atoms with van der Waals surface area (Å²) in [5.74, 6) is 1.97. The van der Waals surface area contributed by atoms with Crippen molar-refractivity contribution in [3.63, 3.8) is 0 Å². The summed E-state index contributed by atoms with van der Waals surface area (Å²) in [6.45, 7) is 2.56. The first-order valence-corrected chi connectivity index (χ1v) is 12.1. The van der Waals surface area contributed by atoms with Crippen LogP contribution in [0.3, 0.4) is 0 Å². The van der Waals surface area contributed by atoms with Gasteiger partial charge in [-0.15, -0.1) is 0 Å². The number of anilines is 1. The molecule has 0 amide bonds. The third kappa shape index (κ3) is 3.31. The summed E-state index contributed by atoms with van der Waals surface area (Å²) in [6.07, 6.45) is 7.48. The zero-order chi connectivity index (χ0) is 25.1. The smallest absolute Gasteiger partial charge is 0.284 e. The molecule has 0 radical (unpaired) electrons. The lowest BCUT2D eigenvalue weighted by Crippen LogP contribution is -2.45. The average Bonchev–Trinajstić information content (AvgIpc) is 3.49. The molecule has 1 aromatic carbocycles. The fraction of sp³-hybridized carbons (Fsp3) is 0.160. The number of hydrogen-bond donors (Lipinski definition) is 1. The van der Waals surface area contributed by atoms with E-state index in [0.717, 1.165) is 35.3 Å². The SMILES string of the molecule is Cc1ncc(-c2[nH]nc3ncnc(N4CC[C@H]4c4nn5ccc(Cl)c5c(=O)n4-c4ccccc4)c23)cn1. The summed E-state index contributed by atoms with van der Waals surface area (Å²) in [5, 5.41) is 13.4. The molecule has 1 N–H and O–H groups in total. The van der Waals surface area contributed by atoms with Gasteiger partial charge in [-0.25, -0.2) is 24.5 Å². The van der Waals surface area contributed by atoms with E-state index >= 15 is 0 Å². The zero-order valence-corrected chi connectivity index (χ0v) is 20.3. The van der Waals surface area contributed by atoms with Crippen LogP contribution in [0, 0.1) is 6.92 Å². The van der Waals surface area contributed by atoms with E-state index in [1.54, 1.807) is 33.7 Å². The summed E-state index contributed by atoms with van der Waals surface area (Å²) in [5.41, 5.74) is 2.87. The second kappa shape index (κ2) is 8.20. The molecular weight excluding hydrogens is 492 g/mol. The van der Waals surface area contributed by atoms with Crippen LogP contribution in [0.5, 0.6) is 0 Å². The van der Waals surface area contributed by atoms with Crippen LogP contribution in [-0.4, -0.2) is 50.9 Å². The van der Waals surface area contributed by atoms with Crippen LogP contribution >= 0.6 is 11.6 Å². The lowest BCUT2D eigenvalue weighted by atomic mass is 10.0. The predicted molar refractivity (Wildman–Crippen MR) is 138 cm³/mol. The van der Waals surface area contributed by atoms with Crippen molar-refractivity contribution in [1.29, 1.82) is 0 Å². The molecule has 0 aliphatic carbocycles. The van der Waals surface area contributed by atoms with Gasteiger partial charge in [0.25, 0.3) is 5.56 Å². The molecule has 1 atom stereocenters. The van der Waals surface area contributed by atoms with Gasteiger partial charge in [0.2, 0.25) is 0 Å². The van der Waals surface area contributed by atoms with E-state index in [1.165, 1.54) is 6.33 Å². The van der Waals surface area contributed by atoms with Crippen molar-refractivity contribution in [2.75, 3.05) is 11.4 Å². The zero-order valence-electron chi connectivity index (χ0n) is 19.6. The maximum atomic E-state index is 13.7. The summed E-state index contributed by atoms with van der Waals surface area (Å²) < 4.78 is 3.19. The highest BCUT2D eigenvalue weighted by Gasteiger charge is 2.37. The van der Waals surface area contributed by atoms with Crippen molar-refractivity contribution >= 4 is 34.0 Å². The number of halogens is 1. The summed E-state index contributed by atoms with van der Waals surface area (Å²) in [4.78, 5) is 33.5. The second-order valence-corrected chi connectivity index (χ2v) is 9.21. The molecule has 11 nitrogen and oxygen atoms in total. The first-order chi connectivity index (χ1) is 18.1. The third-order valence-corrected chi connectivity index (χ3v) is 6.97. The minimum absolute atomic E-state index is 0.214. The van der Waals surface area contributed by atoms with Gasteiger partial charge < -0.3 is 4.90 Å². The van der Waals surface area contributed by atoms with Crippen molar-refractivity contribution < 1.29 is 0 Å². The van der Waals surface area contributed by atoms with E-state index in [1.807, 2.05) is 37.3 Å². The van der Waals surface area contributed by atoms with E-state index in [2.05, 4.69) is 35.0 Å². The normalized spacial score (nSPS) is 15.4. The van der Waals surface area contributed by atoms with Crippen LogP contribution in [-0.2, 0) is 0 Å². The van der Waals surface area contributed by atoms with Gasteiger partial charge in [-0.3, -0.25) is 14.5 Å². The van der Waals surface area contributed by atoms with Crippen LogP contribution in [0.1, 0.15) is 24.1 Å². The number of nitrogens with one attached hydrogen (secondary N) is 1. The fourth-order valence-corrected chi connectivity index (χ4v) is 5.01. The highest BCUT2D eigenvalue weighted by Crippen LogP contribution is 2.41. The lowest BCUT2D eigenvalue weighted by Gasteiger charge is -2.42. The summed E-state index contributed by atoms with van der Waals surface area (Å²) in [6, 6.07) is 10.9. The first-order valence-electron chi connectivity index (χ1n) is 11.7. The van der Waals surface area contributed by atoms with Gasteiger partial charge in [0.15, 0.2) is 11.5 Å². The molecule has 37 heavy (non-hydrogen) atoms. The van der Waals surface area contributed by atoms with Gasteiger partial charge in [-0.1, -0.05) is 29.8 Å². The van der Waals surface area contributed by atoms with Crippen molar-refractivity contribution in [3.05, 3.63) is 88.3 Å². The Morgan fingerprint density at radius 2 is 1.86 bits per heavy atom. The predicted octanol–water partition coefficient (Wildman–Crippen LogP) is 3.52. The van der Waals surface area contributed by atoms with Gasteiger partial charge in [0, 0.05) is 30.7 Å². The quantitative estimate of drug-likeness (QED) is 0.382. The summed E-state index contributed by atoms with van der Waals surface area (Å²) in [7, 11) is 0. The Hall–Kier alpha value is -4.64. The Bertz CT molecular complexity index is 1840. The molecule has 6 aromatic rings. The van der Waals surface area contributed by atoms with Gasteiger partial charge in [-0.05, 0) is 31.5 Å². The fourth-order valence-electron chi connectivity index (χ4n) is 4.79. The monoisotopic (exact) mass is 510 g/mol. The van der Waals surface area contributed by atoms with E-state index in [4.69, 9.17) is 16.7 Å². The van der Waals surface area contributed by atoms with E-state index in [0.29, 0.717) is 33.7 Å². The number of aromatic nitrogens is 9. The van der Waals surface area contributed by atoms with Crippen molar-refractivity contribution in [2.45, 2.75) is 19.4 Å². The Morgan fingerprint density at radius 1 is 1.05 bits per heavy atom. The minimum atomic E-state index is -0.230. The number of fused-ring (bicyclic) bond motifs is 2. The van der Waals surface area contributed by atoms with Crippen LogP contribution in [0.4, 0.5) is 5.82 Å². The molecule has 1 saturated heterocycles. The standard InChI is InChI=1S/C25H19ClN10O/c1-14-27-11-15(12-28-14)20-19-22(32-31-20)29-13-30-24(19)34-9-8-18(34)23-33-35-10-7-17(26)21(35)25(37)36(23)16-5-3-2-4-6-16/h2-7,10-13,18H,8-9H2,1H3,(H,29,30,31,32)/t18-/m0/s1. The molecule has 1 aliphatic rings. The molecule has 1 fully saturated rings. The number of nitrogens with zero attached hydrogens (tertiary/aromatic N) is 9. The van der Waals surface area contributed by atoms with E-state index in [-0.39, 0.29) is 11.6 Å². The van der Waals surface area contributed by atoms with Crippen molar-refractivity contribution in [3.8, 4) is 16.9 Å². The maximum Gasteiger partial charge on any atom is 0.284 e. The van der Waals surface area contributed by atoms with Crippen molar-refractivity contribution in [2.24, 2.45) is 0 Å². The van der Waals surface area contributed by atoms with Gasteiger partial charge in [0.05, 0.1) is 27.8 Å². The van der Waals surface area contributed by atoms with Crippen LogP contribution in [0.25, 0.3) is 33.5 Å². The van der Waals surface area contributed by atoms with Gasteiger partial charge >= 0.3 is 0 Å². The van der Waals surface area contributed by atoms with Crippen molar-refractivity contribution in [1.82, 2.24) is 44.3 Å². The molecule has 6 heterocycles. The van der Waals surface area contributed by atoms with E-state index < -0.39 is 0 Å². The number of aryl methyl sites for hydroxylation is 1. The largest absolute Gasteiger partial charge is 0.345 e. The lowest BCUT2D eigenvalue weighted by molar-refractivity contribution is 0.424.